The van der Waals surface area contributed by atoms with Gasteiger partial charge >= 0.3 is 0 Å². The Hall–Kier alpha value is -3.02. The number of fused-ring (bicyclic) bond motifs is 1. The van der Waals surface area contributed by atoms with E-state index in [9.17, 15) is 4.39 Å². The standard InChI is InChI=1S/C17H16FN5/c1-19-13-4-3-5-14(20-2)17(13)15-11-23-9-6-12(21-8-7-18)10-16(23)22-15/h3-6,9-11,21H,1-2,7-8H2. The van der Waals surface area contributed by atoms with Crippen molar-refractivity contribution in [2.75, 3.05) is 18.5 Å². The molecule has 0 spiro atoms. The Balaban J connectivity index is 2.11. The van der Waals surface area contributed by atoms with Crippen molar-refractivity contribution < 1.29 is 4.39 Å². The maximum absolute atomic E-state index is 12.3. The Bertz CT molecular complexity index is 842. The highest BCUT2D eigenvalue weighted by Gasteiger charge is 2.13. The van der Waals surface area contributed by atoms with E-state index in [2.05, 4.69) is 33.7 Å². The maximum atomic E-state index is 12.3. The van der Waals surface area contributed by atoms with Gasteiger partial charge in [-0.05, 0) is 31.6 Å². The maximum Gasteiger partial charge on any atom is 0.139 e. The van der Waals surface area contributed by atoms with Gasteiger partial charge in [-0.2, -0.15) is 0 Å². The molecule has 0 fully saturated rings. The first-order chi connectivity index (χ1) is 11.3. The summed E-state index contributed by atoms with van der Waals surface area (Å²) in [7, 11) is 0. The predicted molar refractivity (Wildman–Crippen MR) is 93.5 cm³/mol. The van der Waals surface area contributed by atoms with Crippen molar-refractivity contribution in [3.63, 3.8) is 0 Å². The number of imidazole rings is 1. The molecular weight excluding hydrogens is 293 g/mol. The number of rotatable bonds is 6. The molecule has 5 nitrogen and oxygen atoms in total. The number of benzene rings is 1. The van der Waals surface area contributed by atoms with Crippen LogP contribution in [-0.4, -0.2) is 36.0 Å². The summed E-state index contributed by atoms with van der Waals surface area (Å²) < 4.78 is 14.2. The highest BCUT2D eigenvalue weighted by atomic mass is 19.1. The number of nitrogens with one attached hydrogen (secondary N) is 1. The number of hydrogen-bond acceptors (Lipinski definition) is 4. The van der Waals surface area contributed by atoms with Crippen LogP contribution in [0.15, 0.2) is 52.7 Å². The molecule has 0 unspecified atom stereocenters. The Morgan fingerprint density at radius 3 is 2.57 bits per heavy atom. The molecule has 0 amide bonds. The van der Waals surface area contributed by atoms with Crippen LogP contribution in [0.1, 0.15) is 0 Å². The first-order valence-corrected chi connectivity index (χ1v) is 7.12. The summed E-state index contributed by atoms with van der Waals surface area (Å²) in [4.78, 5) is 12.7. The second kappa shape index (κ2) is 6.39. The van der Waals surface area contributed by atoms with Crippen molar-refractivity contribution in [3.05, 3.63) is 42.7 Å². The summed E-state index contributed by atoms with van der Waals surface area (Å²) in [5.74, 6) is 0. The van der Waals surface area contributed by atoms with Crippen LogP contribution in [0, 0.1) is 0 Å². The molecule has 3 rings (SSSR count). The van der Waals surface area contributed by atoms with E-state index in [0.29, 0.717) is 11.4 Å². The van der Waals surface area contributed by atoms with Gasteiger partial charge < -0.3 is 9.72 Å². The molecular formula is C17H16FN5. The van der Waals surface area contributed by atoms with Gasteiger partial charge in [0, 0.05) is 30.7 Å². The summed E-state index contributed by atoms with van der Waals surface area (Å²) in [6.45, 7) is 7.06. The molecule has 2 heterocycles. The van der Waals surface area contributed by atoms with Crippen molar-refractivity contribution >= 4 is 36.1 Å². The van der Waals surface area contributed by atoms with E-state index < -0.39 is 6.67 Å². The summed E-state index contributed by atoms with van der Waals surface area (Å²) in [6.07, 6.45) is 3.77. The van der Waals surface area contributed by atoms with Gasteiger partial charge in [-0.1, -0.05) is 6.07 Å². The first kappa shape index (κ1) is 14.9. The molecule has 2 aromatic heterocycles. The largest absolute Gasteiger partial charge is 0.382 e. The lowest BCUT2D eigenvalue weighted by Crippen LogP contribution is -2.02. The Kier molecular flexibility index (Phi) is 4.14. The molecule has 0 saturated heterocycles. The van der Waals surface area contributed by atoms with Gasteiger partial charge in [-0.25, -0.2) is 9.37 Å². The highest BCUT2D eigenvalue weighted by molar-refractivity contribution is 5.86. The van der Waals surface area contributed by atoms with Gasteiger partial charge in [-0.3, -0.25) is 9.98 Å². The zero-order valence-electron chi connectivity index (χ0n) is 12.5. The number of anilines is 1. The number of hydrogen-bond donors (Lipinski definition) is 1. The Morgan fingerprint density at radius 2 is 1.91 bits per heavy atom. The lowest BCUT2D eigenvalue weighted by atomic mass is 10.1. The van der Waals surface area contributed by atoms with Crippen molar-refractivity contribution in [1.82, 2.24) is 9.38 Å². The first-order valence-electron chi connectivity index (χ1n) is 7.12. The van der Waals surface area contributed by atoms with Gasteiger partial charge in [0.25, 0.3) is 0 Å². The predicted octanol–water partition coefficient (Wildman–Crippen LogP) is 4.05. The van der Waals surface area contributed by atoms with Crippen LogP contribution in [-0.2, 0) is 0 Å². The normalized spacial score (nSPS) is 10.7. The molecule has 0 saturated carbocycles. The zero-order chi connectivity index (χ0) is 16.2. The molecule has 1 N–H and O–H groups in total. The lowest BCUT2D eigenvalue weighted by Gasteiger charge is -2.05. The monoisotopic (exact) mass is 309 g/mol. The van der Waals surface area contributed by atoms with Crippen LogP contribution in [0.2, 0.25) is 0 Å². The molecule has 0 radical (unpaired) electrons. The smallest absolute Gasteiger partial charge is 0.139 e. The molecule has 3 aromatic rings. The van der Waals surface area contributed by atoms with Crippen LogP contribution >= 0.6 is 0 Å². The van der Waals surface area contributed by atoms with E-state index in [1.165, 1.54) is 0 Å². The van der Waals surface area contributed by atoms with E-state index in [1.54, 1.807) is 0 Å². The number of pyridine rings is 1. The third-order valence-corrected chi connectivity index (χ3v) is 3.50. The van der Waals surface area contributed by atoms with Crippen LogP contribution < -0.4 is 5.32 Å². The molecule has 0 bridgehead atoms. The topological polar surface area (TPSA) is 54.0 Å². The molecule has 0 aliphatic rings. The van der Waals surface area contributed by atoms with E-state index >= 15 is 0 Å². The van der Waals surface area contributed by atoms with Gasteiger partial charge in [0.05, 0.1) is 22.6 Å². The molecule has 6 heteroatoms. The molecule has 0 aliphatic carbocycles. The van der Waals surface area contributed by atoms with Gasteiger partial charge in [0.2, 0.25) is 0 Å². The minimum Gasteiger partial charge on any atom is -0.382 e. The quantitative estimate of drug-likeness (QED) is 0.698. The average molecular weight is 309 g/mol. The van der Waals surface area contributed by atoms with Crippen LogP contribution in [0.3, 0.4) is 0 Å². The van der Waals surface area contributed by atoms with E-state index in [0.717, 1.165) is 22.6 Å². The minimum absolute atomic E-state index is 0.275. The number of alkyl halides is 1. The second-order valence-corrected chi connectivity index (χ2v) is 4.91. The fourth-order valence-electron chi connectivity index (χ4n) is 2.46. The van der Waals surface area contributed by atoms with Crippen molar-refractivity contribution in [2.24, 2.45) is 9.98 Å². The van der Waals surface area contributed by atoms with Crippen molar-refractivity contribution in [1.29, 1.82) is 0 Å². The molecule has 23 heavy (non-hydrogen) atoms. The number of halogens is 1. The molecule has 0 atom stereocenters. The Morgan fingerprint density at radius 1 is 1.17 bits per heavy atom. The fraction of sp³-hybridized carbons (Fsp3) is 0.118. The van der Waals surface area contributed by atoms with Crippen molar-refractivity contribution in [2.45, 2.75) is 0 Å². The van der Waals surface area contributed by atoms with Crippen LogP contribution in [0.4, 0.5) is 21.5 Å². The van der Waals surface area contributed by atoms with E-state index in [1.807, 2.05) is 47.1 Å². The third kappa shape index (κ3) is 2.83. The van der Waals surface area contributed by atoms with Gasteiger partial charge in [-0.15, -0.1) is 0 Å². The molecule has 116 valence electrons. The average Bonchev–Trinajstić information content (AvgIpc) is 3.01. The summed E-state index contributed by atoms with van der Waals surface area (Å²) >= 11 is 0. The second-order valence-electron chi connectivity index (χ2n) is 4.91. The Labute approximate surface area is 133 Å². The van der Waals surface area contributed by atoms with E-state index in [-0.39, 0.29) is 6.54 Å². The van der Waals surface area contributed by atoms with Crippen molar-refractivity contribution in [3.8, 4) is 11.3 Å². The SMILES string of the molecule is C=Nc1cccc(N=C)c1-c1cn2ccc(NCCF)cc2n1. The number of aromatic nitrogens is 2. The zero-order valence-corrected chi connectivity index (χ0v) is 12.5. The van der Waals surface area contributed by atoms with Crippen LogP contribution in [0.25, 0.3) is 16.9 Å². The fourth-order valence-corrected chi connectivity index (χ4v) is 2.46. The third-order valence-electron chi connectivity index (χ3n) is 3.50. The van der Waals surface area contributed by atoms with Gasteiger partial charge in [0.1, 0.15) is 12.3 Å². The summed E-state index contributed by atoms with van der Waals surface area (Å²) in [5, 5.41) is 3.00. The number of aliphatic imine (C=N–C) groups is 2. The van der Waals surface area contributed by atoms with Crippen LogP contribution in [0.5, 0.6) is 0 Å². The molecule has 0 aliphatic heterocycles. The lowest BCUT2D eigenvalue weighted by molar-refractivity contribution is 0.513. The number of nitrogens with zero attached hydrogens (tertiary/aromatic N) is 4. The highest BCUT2D eigenvalue weighted by Crippen LogP contribution is 2.37. The summed E-state index contributed by atoms with van der Waals surface area (Å²) in [5.41, 5.74) is 4.50. The molecule has 1 aromatic carbocycles. The van der Waals surface area contributed by atoms with Gasteiger partial charge in [0.15, 0.2) is 0 Å². The minimum atomic E-state index is -0.419. The summed E-state index contributed by atoms with van der Waals surface area (Å²) in [6, 6.07) is 9.30. The van der Waals surface area contributed by atoms with E-state index in [4.69, 9.17) is 0 Å².